The zero-order chi connectivity index (χ0) is 21.0. The molecule has 1 aliphatic rings. The van der Waals surface area contributed by atoms with E-state index in [-0.39, 0.29) is 16.2 Å². The number of nitrogens with two attached hydrogens (primary N) is 1. The van der Waals surface area contributed by atoms with Crippen LogP contribution in [-0.4, -0.2) is 27.3 Å². The average molecular weight is 438 g/mol. The largest absolute Gasteiger partial charge is 0.496 e. The van der Waals surface area contributed by atoms with Crippen molar-refractivity contribution in [3.05, 3.63) is 45.1 Å². The monoisotopic (exact) mass is 437 g/mol. The standard InChI is InChI=1S/C19H23N3O5S2/c1-27-15-9-8-13(29(20,25)26)11-14(15)18(23)21-22-19(24)17-10-12-6-4-2-3-5-7-16(12)28-17/h8-11H,2-7H2,1H3,(H,21,23)(H,22,24)(H2,20,25,26). The third-order valence-electron chi connectivity index (χ3n) is 4.75. The number of ether oxygens (including phenoxy) is 1. The number of benzene rings is 1. The summed E-state index contributed by atoms with van der Waals surface area (Å²) in [7, 11) is -2.64. The molecule has 2 amide bonds. The van der Waals surface area contributed by atoms with Crippen LogP contribution in [0.3, 0.4) is 0 Å². The minimum Gasteiger partial charge on any atom is -0.496 e. The van der Waals surface area contributed by atoms with Gasteiger partial charge in [-0.25, -0.2) is 13.6 Å². The molecule has 1 heterocycles. The van der Waals surface area contributed by atoms with Crippen molar-refractivity contribution in [3.63, 3.8) is 0 Å². The summed E-state index contributed by atoms with van der Waals surface area (Å²) in [6.45, 7) is 0. The van der Waals surface area contributed by atoms with E-state index in [4.69, 9.17) is 9.88 Å². The van der Waals surface area contributed by atoms with Gasteiger partial charge in [-0.3, -0.25) is 20.4 Å². The number of fused-ring (bicyclic) bond motifs is 1. The molecule has 0 saturated carbocycles. The number of carbonyl (C=O) groups excluding carboxylic acids is 2. The van der Waals surface area contributed by atoms with Crippen molar-refractivity contribution in [2.75, 3.05) is 7.11 Å². The molecule has 0 bridgehead atoms. The highest BCUT2D eigenvalue weighted by molar-refractivity contribution is 7.89. The lowest BCUT2D eigenvalue weighted by Crippen LogP contribution is -2.41. The number of rotatable bonds is 4. The number of nitrogens with one attached hydrogen (secondary N) is 2. The van der Waals surface area contributed by atoms with Crippen molar-refractivity contribution in [2.45, 2.75) is 43.4 Å². The second-order valence-electron chi connectivity index (χ2n) is 6.79. The predicted molar refractivity (Wildman–Crippen MR) is 109 cm³/mol. The quantitative estimate of drug-likeness (QED) is 0.632. The molecular formula is C19H23N3O5S2. The second kappa shape index (κ2) is 8.93. The van der Waals surface area contributed by atoms with Gasteiger partial charge in [0.05, 0.1) is 22.4 Å². The Kier molecular flexibility index (Phi) is 6.56. The molecule has 0 radical (unpaired) electrons. The first-order valence-electron chi connectivity index (χ1n) is 9.22. The fourth-order valence-electron chi connectivity index (χ4n) is 3.24. The number of hydrazine groups is 1. The van der Waals surface area contributed by atoms with Crippen LogP contribution in [-0.2, 0) is 22.9 Å². The zero-order valence-corrected chi connectivity index (χ0v) is 17.6. The van der Waals surface area contributed by atoms with Crippen molar-refractivity contribution in [2.24, 2.45) is 5.14 Å². The molecule has 156 valence electrons. The summed E-state index contributed by atoms with van der Waals surface area (Å²) in [5.74, 6) is -0.976. The van der Waals surface area contributed by atoms with Gasteiger partial charge in [0.15, 0.2) is 0 Å². The molecule has 0 atom stereocenters. The molecule has 1 aromatic carbocycles. The highest BCUT2D eigenvalue weighted by atomic mass is 32.2. The highest BCUT2D eigenvalue weighted by Gasteiger charge is 2.20. The first-order chi connectivity index (χ1) is 13.8. The molecular weight excluding hydrogens is 414 g/mol. The summed E-state index contributed by atoms with van der Waals surface area (Å²) in [5.41, 5.74) is 5.84. The molecule has 1 aromatic heterocycles. The molecule has 0 unspecified atom stereocenters. The number of thiophene rings is 1. The van der Waals surface area contributed by atoms with Crippen LogP contribution in [0.5, 0.6) is 5.75 Å². The SMILES string of the molecule is COc1ccc(S(N)(=O)=O)cc1C(=O)NNC(=O)c1cc2c(s1)CCCCCC2. The van der Waals surface area contributed by atoms with Gasteiger partial charge in [-0.1, -0.05) is 12.8 Å². The topological polar surface area (TPSA) is 128 Å². The van der Waals surface area contributed by atoms with E-state index in [1.807, 2.05) is 6.07 Å². The van der Waals surface area contributed by atoms with Crippen LogP contribution >= 0.6 is 11.3 Å². The summed E-state index contributed by atoms with van der Waals surface area (Å²) in [6, 6.07) is 5.56. The minimum atomic E-state index is -3.99. The maximum Gasteiger partial charge on any atom is 0.279 e. The Morgan fingerprint density at radius 1 is 1.03 bits per heavy atom. The van der Waals surface area contributed by atoms with E-state index < -0.39 is 21.8 Å². The summed E-state index contributed by atoms with van der Waals surface area (Å²) >= 11 is 1.44. The Hall–Kier alpha value is -2.43. The van der Waals surface area contributed by atoms with Gasteiger partial charge in [-0.2, -0.15) is 0 Å². The van der Waals surface area contributed by atoms with E-state index in [2.05, 4.69) is 10.9 Å². The van der Waals surface area contributed by atoms with Crippen LogP contribution in [0.1, 0.15) is 56.2 Å². The second-order valence-corrected chi connectivity index (χ2v) is 9.49. The van der Waals surface area contributed by atoms with Gasteiger partial charge in [-0.15, -0.1) is 11.3 Å². The molecule has 0 spiro atoms. The number of aryl methyl sites for hydroxylation is 2. The summed E-state index contributed by atoms with van der Waals surface area (Å²) in [6.07, 6.45) is 6.56. The predicted octanol–water partition coefficient (Wildman–Crippen LogP) is 2.14. The van der Waals surface area contributed by atoms with Crippen LogP contribution in [0.25, 0.3) is 0 Å². The number of hydrogen-bond donors (Lipinski definition) is 3. The molecule has 8 nitrogen and oxygen atoms in total. The molecule has 0 saturated heterocycles. The van der Waals surface area contributed by atoms with Gasteiger partial charge < -0.3 is 4.74 Å². The number of carbonyl (C=O) groups is 2. The van der Waals surface area contributed by atoms with E-state index >= 15 is 0 Å². The van der Waals surface area contributed by atoms with Crippen molar-refractivity contribution in [1.29, 1.82) is 0 Å². The molecule has 0 fully saturated rings. The highest BCUT2D eigenvalue weighted by Crippen LogP contribution is 2.28. The minimum absolute atomic E-state index is 0.0576. The molecule has 1 aliphatic carbocycles. The third kappa shape index (κ3) is 5.14. The first kappa shape index (κ1) is 21.3. The van der Waals surface area contributed by atoms with E-state index in [0.29, 0.717) is 4.88 Å². The van der Waals surface area contributed by atoms with Crippen molar-refractivity contribution >= 4 is 33.2 Å². The maximum atomic E-state index is 12.5. The van der Waals surface area contributed by atoms with E-state index in [1.165, 1.54) is 53.9 Å². The zero-order valence-electron chi connectivity index (χ0n) is 16.0. The Bertz CT molecular complexity index is 1000. The molecule has 3 rings (SSSR count). The molecule has 29 heavy (non-hydrogen) atoms. The van der Waals surface area contributed by atoms with Gasteiger partial charge >= 0.3 is 0 Å². The molecule has 10 heteroatoms. The third-order valence-corrected chi connectivity index (χ3v) is 6.90. The maximum absolute atomic E-state index is 12.5. The van der Waals surface area contributed by atoms with Gasteiger partial charge in [-0.05, 0) is 55.5 Å². The normalized spacial score (nSPS) is 14.3. The fourth-order valence-corrected chi connectivity index (χ4v) is 4.93. The van der Waals surface area contributed by atoms with Gasteiger partial charge in [0.25, 0.3) is 11.8 Å². The van der Waals surface area contributed by atoms with Gasteiger partial charge in [0.2, 0.25) is 10.0 Å². The van der Waals surface area contributed by atoms with Crippen molar-refractivity contribution in [1.82, 2.24) is 10.9 Å². The molecule has 4 N–H and O–H groups in total. The van der Waals surface area contributed by atoms with Gasteiger partial charge in [0.1, 0.15) is 5.75 Å². The lowest BCUT2D eigenvalue weighted by Gasteiger charge is -2.11. The molecule has 0 aliphatic heterocycles. The van der Waals surface area contributed by atoms with Crippen molar-refractivity contribution < 1.29 is 22.7 Å². The summed E-state index contributed by atoms with van der Waals surface area (Å²) in [5, 5.41) is 5.12. The van der Waals surface area contributed by atoms with Crippen LogP contribution < -0.4 is 20.7 Å². The smallest absolute Gasteiger partial charge is 0.279 e. The van der Waals surface area contributed by atoms with Crippen LogP contribution in [0.2, 0.25) is 0 Å². The number of hydrogen-bond acceptors (Lipinski definition) is 6. The Morgan fingerprint density at radius 2 is 1.72 bits per heavy atom. The molecule has 2 aromatic rings. The Labute approximate surface area is 173 Å². The number of primary sulfonamides is 1. The van der Waals surface area contributed by atoms with E-state index in [1.54, 1.807) is 0 Å². The number of methoxy groups -OCH3 is 1. The number of amides is 2. The van der Waals surface area contributed by atoms with Crippen molar-refractivity contribution in [3.8, 4) is 5.75 Å². The number of sulfonamides is 1. The van der Waals surface area contributed by atoms with Crippen LogP contribution in [0.4, 0.5) is 0 Å². The van der Waals surface area contributed by atoms with Crippen LogP contribution in [0.15, 0.2) is 29.2 Å². The Morgan fingerprint density at radius 3 is 2.41 bits per heavy atom. The summed E-state index contributed by atoms with van der Waals surface area (Å²) in [4.78, 5) is 26.5. The van der Waals surface area contributed by atoms with Gasteiger partial charge in [0, 0.05) is 4.88 Å². The Balaban J connectivity index is 1.72. The summed E-state index contributed by atoms with van der Waals surface area (Å²) < 4.78 is 28.2. The fraction of sp³-hybridized carbons (Fsp3) is 0.368. The average Bonchev–Trinajstić information content (AvgIpc) is 3.06. The van der Waals surface area contributed by atoms with Crippen LogP contribution in [0, 0.1) is 0 Å². The van der Waals surface area contributed by atoms with E-state index in [0.717, 1.165) is 31.7 Å². The lowest BCUT2D eigenvalue weighted by molar-refractivity contribution is 0.0847. The first-order valence-corrected chi connectivity index (χ1v) is 11.6. The van der Waals surface area contributed by atoms with E-state index in [9.17, 15) is 18.0 Å². The lowest BCUT2D eigenvalue weighted by atomic mass is 10.00.